The predicted molar refractivity (Wildman–Crippen MR) is 95.9 cm³/mol. The highest BCUT2D eigenvalue weighted by Gasteiger charge is 2.20. The number of hydrogen-bond acceptors (Lipinski definition) is 3. The number of aromatic nitrogens is 1. The lowest BCUT2D eigenvalue weighted by Gasteiger charge is -2.13. The van der Waals surface area contributed by atoms with E-state index < -0.39 is 12.1 Å². The van der Waals surface area contributed by atoms with Gasteiger partial charge in [-0.2, -0.15) is 0 Å². The van der Waals surface area contributed by atoms with Crippen LogP contribution in [0.25, 0.3) is 10.9 Å². The lowest BCUT2D eigenvalue weighted by molar-refractivity contribution is -0.123. The third-order valence-electron chi connectivity index (χ3n) is 3.51. The maximum absolute atomic E-state index is 12.2. The van der Waals surface area contributed by atoms with Crippen molar-refractivity contribution in [3.8, 4) is 0 Å². The van der Waals surface area contributed by atoms with Crippen LogP contribution < -0.4 is 5.32 Å². The van der Waals surface area contributed by atoms with E-state index >= 15 is 0 Å². The molecule has 1 atom stereocenters. The summed E-state index contributed by atoms with van der Waals surface area (Å²) < 4.78 is 6.15. The molecular formula is C18H15BrN2O3. The first-order valence-corrected chi connectivity index (χ1v) is 8.17. The number of para-hydroxylation sites is 1. The Bertz CT molecular complexity index is 854. The Labute approximate surface area is 147 Å². The van der Waals surface area contributed by atoms with E-state index in [-0.39, 0.29) is 5.91 Å². The molecule has 0 aliphatic rings. The van der Waals surface area contributed by atoms with Crippen LogP contribution in [0.1, 0.15) is 17.4 Å². The van der Waals surface area contributed by atoms with E-state index in [1.165, 1.54) is 6.92 Å². The zero-order valence-corrected chi connectivity index (χ0v) is 14.5. The van der Waals surface area contributed by atoms with Crippen LogP contribution in [0.5, 0.6) is 0 Å². The fourth-order valence-corrected chi connectivity index (χ4v) is 2.50. The first-order chi connectivity index (χ1) is 11.5. The molecule has 5 nitrogen and oxygen atoms in total. The molecule has 0 saturated carbocycles. The number of amides is 1. The van der Waals surface area contributed by atoms with Crippen molar-refractivity contribution in [1.82, 2.24) is 4.98 Å². The second-order valence-electron chi connectivity index (χ2n) is 5.31. The molecule has 3 aromatic rings. The number of carbonyl (C=O) groups is 2. The summed E-state index contributed by atoms with van der Waals surface area (Å²) in [5.41, 5.74) is 1.80. The molecule has 0 aliphatic heterocycles. The number of benzene rings is 2. The average molecular weight is 387 g/mol. The highest BCUT2D eigenvalue weighted by Crippen LogP contribution is 2.17. The molecule has 0 unspecified atom stereocenters. The van der Waals surface area contributed by atoms with Gasteiger partial charge in [-0.25, -0.2) is 4.79 Å². The standard InChI is InChI=1S/C18H15BrN2O3/c1-11(17(22)20-14-8-6-13(19)7-9-14)24-18(23)16-10-12-4-2-3-5-15(12)21-16/h2-11,21H,1H3,(H,20,22)/t11-/m1/s1. The smallest absolute Gasteiger partial charge is 0.355 e. The van der Waals surface area contributed by atoms with Crippen LogP contribution >= 0.6 is 15.9 Å². The predicted octanol–water partition coefficient (Wildman–Crippen LogP) is 4.11. The summed E-state index contributed by atoms with van der Waals surface area (Å²) in [4.78, 5) is 27.3. The van der Waals surface area contributed by atoms with Crippen molar-refractivity contribution in [3.63, 3.8) is 0 Å². The van der Waals surface area contributed by atoms with E-state index in [0.717, 1.165) is 15.4 Å². The molecule has 6 heteroatoms. The Morgan fingerprint density at radius 1 is 1.12 bits per heavy atom. The van der Waals surface area contributed by atoms with E-state index in [0.29, 0.717) is 11.4 Å². The second kappa shape index (κ2) is 6.88. The first-order valence-electron chi connectivity index (χ1n) is 7.38. The second-order valence-corrected chi connectivity index (χ2v) is 6.23. The normalized spacial score (nSPS) is 11.9. The molecule has 2 N–H and O–H groups in total. The molecule has 0 bridgehead atoms. The Morgan fingerprint density at radius 2 is 1.83 bits per heavy atom. The number of fused-ring (bicyclic) bond motifs is 1. The minimum atomic E-state index is -0.910. The van der Waals surface area contributed by atoms with Crippen molar-refractivity contribution < 1.29 is 14.3 Å². The molecule has 1 aromatic heterocycles. The van der Waals surface area contributed by atoms with E-state index in [9.17, 15) is 9.59 Å². The number of anilines is 1. The Balaban J connectivity index is 1.64. The van der Waals surface area contributed by atoms with Gasteiger partial charge in [0.15, 0.2) is 6.10 Å². The molecule has 1 heterocycles. The van der Waals surface area contributed by atoms with Crippen LogP contribution in [0.3, 0.4) is 0 Å². The summed E-state index contributed by atoms with van der Waals surface area (Å²) in [6.45, 7) is 1.54. The molecule has 0 saturated heterocycles. The van der Waals surface area contributed by atoms with Crippen LogP contribution in [-0.4, -0.2) is 23.0 Å². The Kier molecular flexibility index (Phi) is 4.66. The van der Waals surface area contributed by atoms with E-state index in [1.807, 2.05) is 36.4 Å². The van der Waals surface area contributed by atoms with Crippen LogP contribution in [-0.2, 0) is 9.53 Å². The SMILES string of the molecule is C[C@@H](OC(=O)c1cc2ccccc2[nH]1)C(=O)Nc1ccc(Br)cc1. The van der Waals surface area contributed by atoms with Gasteiger partial charge in [0, 0.05) is 21.1 Å². The summed E-state index contributed by atoms with van der Waals surface area (Å²) in [6, 6.07) is 16.4. The highest BCUT2D eigenvalue weighted by molar-refractivity contribution is 9.10. The number of aromatic amines is 1. The monoisotopic (exact) mass is 386 g/mol. The van der Waals surface area contributed by atoms with Crippen LogP contribution in [0.15, 0.2) is 59.1 Å². The molecule has 24 heavy (non-hydrogen) atoms. The largest absolute Gasteiger partial charge is 0.448 e. The third kappa shape index (κ3) is 3.65. The average Bonchev–Trinajstić information content (AvgIpc) is 3.01. The van der Waals surface area contributed by atoms with E-state index in [4.69, 9.17) is 4.74 Å². The van der Waals surface area contributed by atoms with Gasteiger partial charge in [-0.3, -0.25) is 4.79 Å². The fraction of sp³-hybridized carbons (Fsp3) is 0.111. The highest BCUT2D eigenvalue weighted by atomic mass is 79.9. The van der Waals surface area contributed by atoms with Gasteiger partial charge in [0.05, 0.1) is 0 Å². The number of ether oxygens (including phenoxy) is 1. The summed E-state index contributed by atoms with van der Waals surface area (Å²) in [5, 5.41) is 3.62. The van der Waals surface area contributed by atoms with Crippen LogP contribution in [0.2, 0.25) is 0 Å². The lowest BCUT2D eigenvalue weighted by Crippen LogP contribution is -2.30. The third-order valence-corrected chi connectivity index (χ3v) is 4.04. The van der Waals surface area contributed by atoms with Crippen molar-refractivity contribution >= 4 is 44.4 Å². The number of H-pyrrole nitrogens is 1. The van der Waals surface area contributed by atoms with Crippen LogP contribution in [0.4, 0.5) is 5.69 Å². The molecule has 0 fully saturated rings. The number of rotatable bonds is 4. The molecule has 0 aliphatic carbocycles. The molecule has 0 spiro atoms. The molecular weight excluding hydrogens is 372 g/mol. The van der Waals surface area contributed by atoms with Crippen molar-refractivity contribution in [1.29, 1.82) is 0 Å². The molecule has 2 aromatic carbocycles. The zero-order chi connectivity index (χ0) is 17.1. The van der Waals surface area contributed by atoms with Gasteiger partial charge in [0.1, 0.15) is 5.69 Å². The number of halogens is 1. The maximum atomic E-state index is 12.2. The molecule has 3 rings (SSSR count). The van der Waals surface area contributed by atoms with Gasteiger partial charge >= 0.3 is 5.97 Å². The number of esters is 1. The summed E-state index contributed by atoms with van der Waals surface area (Å²) in [6.07, 6.45) is -0.910. The summed E-state index contributed by atoms with van der Waals surface area (Å²) in [7, 11) is 0. The first kappa shape index (κ1) is 16.3. The Morgan fingerprint density at radius 3 is 2.54 bits per heavy atom. The molecule has 1 amide bonds. The summed E-state index contributed by atoms with van der Waals surface area (Å²) in [5.74, 6) is -0.952. The van der Waals surface area contributed by atoms with E-state index in [2.05, 4.69) is 26.2 Å². The van der Waals surface area contributed by atoms with Gasteiger partial charge in [-0.05, 0) is 43.3 Å². The van der Waals surface area contributed by atoms with Crippen molar-refractivity contribution in [2.45, 2.75) is 13.0 Å². The topological polar surface area (TPSA) is 71.2 Å². The minimum absolute atomic E-state index is 0.319. The molecule has 122 valence electrons. The minimum Gasteiger partial charge on any atom is -0.448 e. The maximum Gasteiger partial charge on any atom is 0.355 e. The van der Waals surface area contributed by atoms with Gasteiger partial charge < -0.3 is 15.0 Å². The Hall–Kier alpha value is -2.60. The summed E-state index contributed by atoms with van der Waals surface area (Å²) >= 11 is 3.33. The van der Waals surface area contributed by atoms with E-state index in [1.54, 1.807) is 18.2 Å². The van der Waals surface area contributed by atoms with Crippen molar-refractivity contribution in [3.05, 3.63) is 64.8 Å². The van der Waals surface area contributed by atoms with Crippen molar-refractivity contribution in [2.75, 3.05) is 5.32 Å². The quantitative estimate of drug-likeness (QED) is 0.662. The number of carbonyl (C=O) groups excluding carboxylic acids is 2. The number of nitrogens with one attached hydrogen (secondary N) is 2. The van der Waals surface area contributed by atoms with Gasteiger partial charge in [0.2, 0.25) is 0 Å². The van der Waals surface area contributed by atoms with Gasteiger partial charge in [0.25, 0.3) is 5.91 Å². The molecule has 0 radical (unpaired) electrons. The van der Waals surface area contributed by atoms with Crippen LogP contribution in [0, 0.1) is 0 Å². The van der Waals surface area contributed by atoms with Gasteiger partial charge in [-0.15, -0.1) is 0 Å². The van der Waals surface area contributed by atoms with Gasteiger partial charge in [-0.1, -0.05) is 34.1 Å². The fourth-order valence-electron chi connectivity index (χ4n) is 2.24. The zero-order valence-electron chi connectivity index (χ0n) is 12.9. The number of hydrogen-bond donors (Lipinski definition) is 2. The van der Waals surface area contributed by atoms with Crippen molar-refractivity contribution in [2.24, 2.45) is 0 Å². The lowest BCUT2D eigenvalue weighted by atomic mass is 10.2.